The maximum Gasteiger partial charge on any atom is 0.160 e. The van der Waals surface area contributed by atoms with Crippen molar-refractivity contribution in [3.8, 4) is 11.4 Å². The summed E-state index contributed by atoms with van der Waals surface area (Å²) in [4.78, 5) is 14.5. The Morgan fingerprint density at radius 2 is 1.83 bits per heavy atom. The molecular formula is C43H37N3S. The number of para-hydroxylation sites is 1. The maximum atomic E-state index is 5.30. The molecule has 0 bridgehead atoms. The molecule has 0 fully saturated rings. The van der Waals surface area contributed by atoms with Gasteiger partial charge >= 0.3 is 0 Å². The van der Waals surface area contributed by atoms with Gasteiger partial charge < -0.3 is 4.90 Å². The number of hydrogen-bond donors (Lipinski definition) is 0. The Morgan fingerprint density at radius 3 is 2.66 bits per heavy atom. The van der Waals surface area contributed by atoms with E-state index in [9.17, 15) is 0 Å². The molecule has 0 N–H and O–H groups in total. The molecule has 3 nitrogen and oxygen atoms in total. The highest BCUT2D eigenvalue weighted by Gasteiger charge is 2.52. The van der Waals surface area contributed by atoms with Crippen molar-refractivity contribution >= 4 is 54.8 Å². The van der Waals surface area contributed by atoms with E-state index < -0.39 is 0 Å². The van der Waals surface area contributed by atoms with Gasteiger partial charge in [-0.3, -0.25) is 0 Å². The molecule has 3 aromatic carbocycles. The first kappa shape index (κ1) is 29.3. The van der Waals surface area contributed by atoms with Crippen LogP contribution in [0.3, 0.4) is 0 Å². The predicted molar refractivity (Wildman–Crippen MR) is 202 cm³/mol. The van der Waals surface area contributed by atoms with E-state index in [4.69, 9.17) is 9.97 Å². The molecule has 4 heterocycles. The Morgan fingerprint density at radius 1 is 1.02 bits per heavy atom. The summed E-state index contributed by atoms with van der Waals surface area (Å²) in [5, 5.41) is 2.34. The SMILES string of the molecule is C=CC/C=C\C=C(/C(=C)/C=C\C)c1nc(-c2ccc3c(c2)C(C)(C)C2C=CC=C4c5sc6ccccc6c5N3C42)nc2ccccc12. The Hall–Kier alpha value is -5.06. The Labute approximate surface area is 281 Å². The van der Waals surface area contributed by atoms with E-state index in [0.717, 1.165) is 45.6 Å². The first-order chi connectivity index (χ1) is 22.9. The number of aromatic nitrogens is 2. The second-order valence-electron chi connectivity index (χ2n) is 13.0. The van der Waals surface area contributed by atoms with Crippen molar-refractivity contribution in [3.05, 3.63) is 156 Å². The summed E-state index contributed by atoms with van der Waals surface area (Å²) in [6.07, 6.45) is 20.1. The highest BCUT2D eigenvalue weighted by atomic mass is 32.1. The van der Waals surface area contributed by atoms with Gasteiger partial charge in [0.2, 0.25) is 0 Å². The normalized spacial score (nSPS) is 19.3. The Balaban J connectivity index is 1.32. The monoisotopic (exact) mass is 627 g/mol. The Bertz CT molecular complexity index is 2270. The van der Waals surface area contributed by atoms with Crippen LogP contribution in [0.5, 0.6) is 0 Å². The molecule has 2 atom stereocenters. The van der Waals surface area contributed by atoms with Crippen LogP contribution in [0.25, 0.3) is 43.5 Å². The summed E-state index contributed by atoms with van der Waals surface area (Å²) in [6, 6.07) is 24.3. The zero-order chi connectivity index (χ0) is 32.3. The van der Waals surface area contributed by atoms with Crippen molar-refractivity contribution in [2.45, 2.75) is 38.6 Å². The third kappa shape index (κ3) is 4.54. The number of benzene rings is 3. The fourth-order valence-electron chi connectivity index (χ4n) is 7.66. The standard InChI is InChI=1S/C43H37N3S/c1-6-8-9-10-17-29(27(3)16-7-2)38-30-18-11-13-22-35(30)44-42(45-38)28-24-25-36-34(26-28)43(4,5)33-21-15-20-32-39(33)46(36)40-31-19-12-14-23-37(31)47-41(32)40/h6-7,9-26,33,39H,1,3,8H2,2,4-5H3/b10-9-,16-7-,29-17+. The largest absolute Gasteiger partial charge is 0.331 e. The van der Waals surface area contributed by atoms with Gasteiger partial charge in [-0.15, -0.1) is 17.9 Å². The fourth-order valence-corrected chi connectivity index (χ4v) is 8.91. The van der Waals surface area contributed by atoms with E-state index in [0.29, 0.717) is 12.0 Å². The van der Waals surface area contributed by atoms with Gasteiger partial charge in [0.15, 0.2) is 5.82 Å². The number of allylic oxidation sites excluding steroid dienone is 10. The van der Waals surface area contributed by atoms with Gasteiger partial charge in [-0.2, -0.15) is 0 Å². The van der Waals surface area contributed by atoms with Gasteiger partial charge in [0, 0.05) is 43.6 Å². The zero-order valence-corrected chi connectivity index (χ0v) is 27.9. The predicted octanol–water partition coefficient (Wildman–Crippen LogP) is 11.5. The van der Waals surface area contributed by atoms with Crippen LogP contribution in [0, 0.1) is 5.92 Å². The molecule has 230 valence electrons. The second kappa shape index (κ2) is 11.3. The highest BCUT2D eigenvalue weighted by molar-refractivity contribution is 7.21. The molecule has 2 unspecified atom stereocenters. The first-order valence-corrected chi connectivity index (χ1v) is 17.1. The number of thiophene rings is 1. The number of hydrogen-bond acceptors (Lipinski definition) is 4. The van der Waals surface area contributed by atoms with Gasteiger partial charge in [-0.25, -0.2) is 9.97 Å². The highest BCUT2D eigenvalue weighted by Crippen LogP contribution is 2.62. The topological polar surface area (TPSA) is 29.0 Å². The Kier molecular flexibility index (Phi) is 7.07. The molecule has 0 amide bonds. The number of rotatable bonds is 7. The third-order valence-electron chi connectivity index (χ3n) is 9.92. The van der Waals surface area contributed by atoms with Crippen molar-refractivity contribution < 1.29 is 0 Å². The maximum absolute atomic E-state index is 5.30. The first-order valence-electron chi connectivity index (χ1n) is 16.3. The van der Waals surface area contributed by atoms with E-state index in [2.05, 4.69) is 129 Å². The van der Waals surface area contributed by atoms with Crippen molar-refractivity contribution in [1.82, 2.24) is 9.97 Å². The number of fused-ring (bicyclic) bond motifs is 8. The second-order valence-corrected chi connectivity index (χ2v) is 14.1. The van der Waals surface area contributed by atoms with Crippen LogP contribution >= 0.6 is 11.3 Å². The van der Waals surface area contributed by atoms with Gasteiger partial charge in [-0.1, -0.05) is 112 Å². The minimum absolute atomic E-state index is 0.104. The molecule has 8 rings (SSSR count). The molecule has 0 saturated heterocycles. The van der Waals surface area contributed by atoms with Crippen LogP contribution in [-0.2, 0) is 5.41 Å². The minimum Gasteiger partial charge on any atom is -0.331 e. The van der Waals surface area contributed by atoms with Crippen LogP contribution in [-0.4, -0.2) is 16.0 Å². The van der Waals surface area contributed by atoms with Gasteiger partial charge in [0.25, 0.3) is 0 Å². The summed E-state index contributed by atoms with van der Waals surface area (Å²) >= 11 is 1.92. The lowest BCUT2D eigenvalue weighted by Crippen LogP contribution is -2.49. The third-order valence-corrected chi connectivity index (χ3v) is 11.1. The lowest BCUT2D eigenvalue weighted by atomic mass is 9.64. The van der Waals surface area contributed by atoms with Crippen LogP contribution in [0.4, 0.5) is 11.4 Å². The van der Waals surface area contributed by atoms with E-state index in [1.54, 1.807) is 0 Å². The van der Waals surface area contributed by atoms with E-state index >= 15 is 0 Å². The van der Waals surface area contributed by atoms with Crippen LogP contribution in [0.1, 0.15) is 43.3 Å². The van der Waals surface area contributed by atoms with E-state index in [-0.39, 0.29) is 5.41 Å². The van der Waals surface area contributed by atoms with E-state index in [1.165, 1.54) is 37.5 Å². The molecule has 47 heavy (non-hydrogen) atoms. The lowest BCUT2D eigenvalue weighted by molar-refractivity contribution is 0.341. The summed E-state index contributed by atoms with van der Waals surface area (Å²) in [6.45, 7) is 15.1. The molecule has 2 aliphatic heterocycles. The molecule has 3 aliphatic rings. The van der Waals surface area contributed by atoms with Crippen molar-refractivity contribution in [2.24, 2.45) is 5.92 Å². The van der Waals surface area contributed by atoms with Gasteiger partial charge in [0.05, 0.1) is 27.8 Å². The summed E-state index contributed by atoms with van der Waals surface area (Å²) < 4.78 is 1.34. The molecule has 5 aromatic rings. The van der Waals surface area contributed by atoms with Gasteiger partial charge in [-0.05, 0) is 60.4 Å². The average molecular weight is 628 g/mol. The molecule has 0 spiro atoms. The number of anilines is 2. The number of nitrogens with zero attached hydrogens (tertiary/aromatic N) is 3. The molecule has 0 saturated carbocycles. The molecule has 4 heteroatoms. The molecule has 1 aliphatic carbocycles. The van der Waals surface area contributed by atoms with E-state index in [1.807, 2.05) is 42.6 Å². The van der Waals surface area contributed by atoms with Crippen molar-refractivity contribution in [1.29, 1.82) is 0 Å². The van der Waals surface area contributed by atoms with Crippen LogP contribution in [0.15, 0.2) is 140 Å². The molecule has 2 aromatic heterocycles. The van der Waals surface area contributed by atoms with Crippen molar-refractivity contribution in [3.63, 3.8) is 0 Å². The quantitative estimate of drug-likeness (QED) is 0.133. The molecular weight excluding hydrogens is 591 g/mol. The molecule has 0 radical (unpaired) electrons. The smallest absolute Gasteiger partial charge is 0.160 e. The summed E-state index contributed by atoms with van der Waals surface area (Å²) in [7, 11) is 0. The summed E-state index contributed by atoms with van der Waals surface area (Å²) in [5.74, 6) is 1.05. The van der Waals surface area contributed by atoms with Crippen LogP contribution in [0.2, 0.25) is 0 Å². The minimum atomic E-state index is -0.104. The van der Waals surface area contributed by atoms with Gasteiger partial charge in [0.1, 0.15) is 0 Å². The van der Waals surface area contributed by atoms with Crippen LogP contribution < -0.4 is 4.90 Å². The fraction of sp³-hybridized carbons (Fsp3) is 0.163. The summed E-state index contributed by atoms with van der Waals surface area (Å²) in [5.41, 5.74) is 10.00. The zero-order valence-electron chi connectivity index (χ0n) is 27.1. The average Bonchev–Trinajstić information content (AvgIpc) is 3.62. The van der Waals surface area contributed by atoms with Crippen molar-refractivity contribution in [2.75, 3.05) is 4.90 Å². The lowest BCUT2D eigenvalue weighted by Gasteiger charge is -2.49.